The molecular formula is C6H9N5O. The molecule has 0 aromatic carbocycles. The monoisotopic (exact) mass is 167 g/mol. The molecule has 1 amide bonds. The number of aromatic nitrogens is 4. The molecule has 1 aromatic rings. The fraction of sp³-hybridized carbons (Fsp3) is 0.667. The number of amides is 1. The zero-order chi connectivity index (χ0) is 8.39. The van der Waals surface area contributed by atoms with E-state index < -0.39 is 0 Å². The summed E-state index contributed by atoms with van der Waals surface area (Å²) in [5, 5.41) is 15.2. The zero-order valence-corrected chi connectivity index (χ0v) is 6.45. The highest BCUT2D eigenvalue weighted by Gasteiger charge is 2.22. The fourth-order valence-electron chi connectivity index (χ4n) is 0.898. The van der Waals surface area contributed by atoms with Gasteiger partial charge >= 0.3 is 0 Å². The fourth-order valence-corrected chi connectivity index (χ4v) is 0.898. The average Bonchev–Trinajstić information content (AvgIpc) is 2.74. The van der Waals surface area contributed by atoms with Crippen LogP contribution in [-0.4, -0.2) is 33.1 Å². The highest BCUT2D eigenvalue weighted by atomic mass is 16.2. The molecule has 0 aliphatic heterocycles. The van der Waals surface area contributed by atoms with Crippen LogP contribution in [0, 0.1) is 5.92 Å². The van der Waals surface area contributed by atoms with Crippen LogP contribution in [0.3, 0.4) is 0 Å². The Morgan fingerprint density at radius 2 is 2.50 bits per heavy atom. The van der Waals surface area contributed by atoms with Gasteiger partial charge < -0.3 is 5.32 Å². The molecule has 1 aromatic heterocycles. The molecule has 0 bridgehead atoms. The van der Waals surface area contributed by atoms with Crippen molar-refractivity contribution in [1.82, 2.24) is 25.9 Å². The van der Waals surface area contributed by atoms with Crippen molar-refractivity contribution in [2.24, 2.45) is 5.92 Å². The van der Waals surface area contributed by atoms with Crippen molar-refractivity contribution in [2.75, 3.05) is 6.54 Å². The third-order valence-corrected chi connectivity index (χ3v) is 1.81. The van der Waals surface area contributed by atoms with Crippen LogP contribution in [0.4, 0.5) is 0 Å². The summed E-state index contributed by atoms with van der Waals surface area (Å²) in [5.74, 6) is 0.618. The van der Waals surface area contributed by atoms with E-state index in [-0.39, 0.29) is 11.7 Å². The highest BCUT2D eigenvalue weighted by molar-refractivity contribution is 5.89. The van der Waals surface area contributed by atoms with E-state index in [1.807, 2.05) is 0 Å². The second-order valence-corrected chi connectivity index (χ2v) is 2.90. The minimum atomic E-state index is -0.230. The number of hydrogen-bond donors (Lipinski definition) is 2. The third-order valence-electron chi connectivity index (χ3n) is 1.81. The van der Waals surface area contributed by atoms with Gasteiger partial charge in [0.1, 0.15) is 0 Å². The number of tetrazole rings is 1. The van der Waals surface area contributed by atoms with E-state index in [1.165, 1.54) is 12.8 Å². The van der Waals surface area contributed by atoms with Crippen molar-refractivity contribution in [2.45, 2.75) is 12.8 Å². The van der Waals surface area contributed by atoms with Gasteiger partial charge in [-0.2, -0.15) is 0 Å². The Balaban J connectivity index is 1.83. The molecule has 12 heavy (non-hydrogen) atoms. The van der Waals surface area contributed by atoms with Crippen molar-refractivity contribution in [3.05, 3.63) is 5.82 Å². The van der Waals surface area contributed by atoms with Gasteiger partial charge in [-0.05, 0) is 29.2 Å². The Hall–Kier alpha value is -1.46. The molecule has 0 spiro atoms. The molecule has 6 heteroatoms. The average molecular weight is 167 g/mol. The highest BCUT2D eigenvalue weighted by Crippen LogP contribution is 2.27. The lowest BCUT2D eigenvalue weighted by Crippen LogP contribution is -2.26. The van der Waals surface area contributed by atoms with Gasteiger partial charge in [-0.25, -0.2) is 5.10 Å². The first-order valence-corrected chi connectivity index (χ1v) is 3.88. The predicted molar refractivity (Wildman–Crippen MR) is 39.2 cm³/mol. The second kappa shape index (κ2) is 2.88. The number of aromatic amines is 1. The Labute approximate surface area is 68.7 Å². The summed E-state index contributed by atoms with van der Waals surface area (Å²) < 4.78 is 0. The molecule has 0 radical (unpaired) electrons. The molecule has 2 N–H and O–H groups in total. The van der Waals surface area contributed by atoms with Crippen molar-refractivity contribution in [3.63, 3.8) is 0 Å². The normalized spacial score (nSPS) is 16.0. The number of carbonyl (C=O) groups excluding carboxylic acids is 1. The Morgan fingerprint density at radius 1 is 1.67 bits per heavy atom. The second-order valence-electron chi connectivity index (χ2n) is 2.90. The zero-order valence-electron chi connectivity index (χ0n) is 6.45. The Bertz CT molecular complexity index is 265. The first-order valence-electron chi connectivity index (χ1n) is 3.88. The van der Waals surface area contributed by atoms with Gasteiger partial charge in [-0.15, -0.1) is 5.10 Å². The van der Waals surface area contributed by atoms with Crippen LogP contribution >= 0.6 is 0 Å². The van der Waals surface area contributed by atoms with Crippen LogP contribution in [0.15, 0.2) is 0 Å². The van der Waals surface area contributed by atoms with Crippen LogP contribution in [-0.2, 0) is 0 Å². The van der Waals surface area contributed by atoms with Gasteiger partial charge in [-0.3, -0.25) is 4.79 Å². The molecule has 64 valence electrons. The molecule has 0 unspecified atom stereocenters. The molecule has 1 saturated carbocycles. The van der Waals surface area contributed by atoms with Gasteiger partial charge in [0.2, 0.25) is 5.82 Å². The summed E-state index contributed by atoms with van der Waals surface area (Å²) in [6.07, 6.45) is 2.43. The molecule has 2 rings (SSSR count). The van der Waals surface area contributed by atoms with E-state index >= 15 is 0 Å². The molecule has 0 atom stereocenters. The van der Waals surface area contributed by atoms with Crippen molar-refractivity contribution < 1.29 is 4.79 Å². The number of carbonyl (C=O) groups is 1. The topological polar surface area (TPSA) is 83.6 Å². The smallest absolute Gasteiger partial charge is 0.290 e. The molecule has 1 heterocycles. The molecule has 6 nitrogen and oxygen atoms in total. The Morgan fingerprint density at radius 3 is 3.08 bits per heavy atom. The van der Waals surface area contributed by atoms with Crippen LogP contribution in [0.25, 0.3) is 0 Å². The standard InChI is InChI=1S/C6H9N5O/c12-6(5-8-10-11-9-5)7-3-4-1-2-4/h4H,1-3H2,(H,7,12)(H,8,9,10,11). The van der Waals surface area contributed by atoms with Gasteiger partial charge in [0.15, 0.2) is 0 Å². The van der Waals surface area contributed by atoms with E-state index in [4.69, 9.17) is 0 Å². The third kappa shape index (κ3) is 1.58. The minimum Gasteiger partial charge on any atom is -0.349 e. The minimum absolute atomic E-state index is 0.177. The lowest BCUT2D eigenvalue weighted by Gasteiger charge is -1.98. The van der Waals surface area contributed by atoms with Crippen molar-refractivity contribution in [3.8, 4) is 0 Å². The Kier molecular flexibility index (Phi) is 1.73. The maximum absolute atomic E-state index is 11.2. The first-order chi connectivity index (χ1) is 5.86. The van der Waals surface area contributed by atoms with Gasteiger partial charge in [0.05, 0.1) is 0 Å². The SMILES string of the molecule is O=C(NCC1CC1)c1nnn[nH]1. The summed E-state index contributed by atoms with van der Waals surface area (Å²) >= 11 is 0. The molecular weight excluding hydrogens is 158 g/mol. The number of nitrogens with one attached hydrogen (secondary N) is 2. The van der Waals surface area contributed by atoms with E-state index in [0.29, 0.717) is 5.92 Å². The summed E-state index contributed by atoms with van der Waals surface area (Å²) in [6, 6.07) is 0. The largest absolute Gasteiger partial charge is 0.349 e. The van der Waals surface area contributed by atoms with Gasteiger partial charge in [0, 0.05) is 6.54 Å². The number of hydrogen-bond acceptors (Lipinski definition) is 4. The summed E-state index contributed by atoms with van der Waals surface area (Å²) in [7, 11) is 0. The van der Waals surface area contributed by atoms with Crippen LogP contribution in [0.2, 0.25) is 0 Å². The summed E-state index contributed by atoms with van der Waals surface area (Å²) in [6.45, 7) is 0.736. The van der Waals surface area contributed by atoms with E-state index in [0.717, 1.165) is 6.54 Å². The first kappa shape index (κ1) is 7.20. The maximum atomic E-state index is 11.2. The van der Waals surface area contributed by atoms with E-state index in [2.05, 4.69) is 25.9 Å². The van der Waals surface area contributed by atoms with Crippen molar-refractivity contribution >= 4 is 5.91 Å². The van der Waals surface area contributed by atoms with Gasteiger partial charge in [0.25, 0.3) is 5.91 Å². The van der Waals surface area contributed by atoms with Crippen molar-refractivity contribution in [1.29, 1.82) is 0 Å². The van der Waals surface area contributed by atoms with Crippen LogP contribution in [0.5, 0.6) is 0 Å². The molecule has 0 saturated heterocycles. The van der Waals surface area contributed by atoms with Crippen LogP contribution in [0.1, 0.15) is 23.5 Å². The molecule has 1 fully saturated rings. The summed E-state index contributed by atoms with van der Waals surface area (Å²) in [5.41, 5.74) is 0. The molecule has 1 aliphatic rings. The lowest BCUT2D eigenvalue weighted by molar-refractivity contribution is 0.0941. The number of H-pyrrole nitrogens is 1. The predicted octanol–water partition coefficient (Wildman–Crippen LogP) is -0.661. The lowest BCUT2D eigenvalue weighted by atomic mass is 10.4. The molecule has 1 aliphatic carbocycles. The van der Waals surface area contributed by atoms with E-state index in [9.17, 15) is 4.79 Å². The van der Waals surface area contributed by atoms with E-state index in [1.54, 1.807) is 0 Å². The quantitative estimate of drug-likeness (QED) is 0.626. The number of rotatable bonds is 3. The maximum Gasteiger partial charge on any atom is 0.290 e. The van der Waals surface area contributed by atoms with Gasteiger partial charge in [-0.1, -0.05) is 0 Å². The summed E-state index contributed by atoms with van der Waals surface area (Å²) in [4.78, 5) is 11.2. The van der Waals surface area contributed by atoms with Crippen LogP contribution < -0.4 is 5.32 Å². The number of nitrogens with zero attached hydrogens (tertiary/aromatic N) is 3.